The van der Waals surface area contributed by atoms with Crippen molar-refractivity contribution in [2.24, 2.45) is 11.8 Å². The highest BCUT2D eigenvalue weighted by molar-refractivity contribution is 4.98. The molecule has 3 nitrogen and oxygen atoms in total. The largest absolute Gasteiger partial charge is 0.312 e. The Bertz CT molecular complexity index is 332. The van der Waals surface area contributed by atoms with Crippen molar-refractivity contribution in [3.05, 3.63) is 0 Å². The molecule has 1 aliphatic carbocycles. The topological polar surface area (TPSA) is 18.5 Å². The van der Waals surface area contributed by atoms with Gasteiger partial charge in [0.2, 0.25) is 0 Å². The van der Waals surface area contributed by atoms with Crippen LogP contribution in [0.25, 0.3) is 0 Å². The Labute approximate surface area is 117 Å². The van der Waals surface area contributed by atoms with Crippen molar-refractivity contribution in [3.63, 3.8) is 0 Å². The molecular weight excluding hydrogens is 234 g/mol. The predicted octanol–water partition coefficient (Wildman–Crippen LogP) is 1.54. The van der Waals surface area contributed by atoms with Crippen molar-refractivity contribution in [3.8, 4) is 0 Å². The van der Waals surface area contributed by atoms with E-state index in [1.165, 1.54) is 64.8 Å². The van der Waals surface area contributed by atoms with Crippen LogP contribution in [0.4, 0.5) is 0 Å². The van der Waals surface area contributed by atoms with Gasteiger partial charge in [0.25, 0.3) is 0 Å². The first-order chi connectivity index (χ1) is 9.31. The summed E-state index contributed by atoms with van der Waals surface area (Å²) in [5.41, 5.74) is 0. The number of nitrogens with zero attached hydrogens (tertiary/aromatic N) is 2. The summed E-state index contributed by atoms with van der Waals surface area (Å²) in [6.45, 7) is 9.05. The Morgan fingerprint density at radius 2 is 2.05 bits per heavy atom. The molecule has 4 aliphatic rings. The molecule has 3 heterocycles. The van der Waals surface area contributed by atoms with Crippen LogP contribution in [0.2, 0.25) is 0 Å². The Morgan fingerprint density at radius 1 is 1.11 bits per heavy atom. The Morgan fingerprint density at radius 3 is 3.00 bits per heavy atom. The second kappa shape index (κ2) is 5.01. The molecular formula is C16H29N3. The highest BCUT2D eigenvalue weighted by Crippen LogP contribution is 2.38. The van der Waals surface area contributed by atoms with Gasteiger partial charge >= 0.3 is 0 Å². The van der Waals surface area contributed by atoms with Gasteiger partial charge in [0.05, 0.1) is 0 Å². The highest BCUT2D eigenvalue weighted by atomic mass is 15.3. The zero-order valence-electron chi connectivity index (χ0n) is 12.4. The van der Waals surface area contributed by atoms with E-state index in [-0.39, 0.29) is 0 Å². The van der Waals surface area contributed by atoms with Crippen LogP contribution in [0.5, 0.6) is 0 Å². The zero-order valence-corrected chi connectivity index (χ0v) is 12.4. The van der Waals surface area contributed by atoms with Gasteiger partial charge in [-0.25, -0.2) is 0 Å². The van der Waals surface area contributed by atoms with Crippen LogP contribution >= 0.6 is 0 Å². The summed E-state index contributed by atoms with van der Waals surface area (Å²) >= 11 is 0. The molecule has 0 aromatic carbocycles. The number of piperazine rings is 1. The summed E-state index contributed by atoms with van der Waals surface area (Å²) in [7, 11) is 0. The molecule has 108 valence electrons. The highest BCUT2D eigenvalue weighted by Gasteiger charge is 2.41. The first kappa shape index (κ1) is 12.6. The fraction of sp³-hybridized carbons (Fsp3) is 1.00. The maximum atomic E-state index is 3.83. The average Bonchev–Trinajstić information content (AvgIpc) is 3.07. The van der Waals surface area contributed by atoms with Crippen LogP contribution in [0, 0.1) is 11.8 Å². The lowest BCUT2D eigenvalue weighted by Crippen LogP contribution is -2.57. The van der Waals surface area contributed by atoms with E-state index in [1.807, 2.05) is 0 Å². The van der Waals surface area contributed by atoms with Gasteiger partial charge in [0.15, 0.2) is 0 Å². The smallest absolute Gasteiger partial charge is 0.0226 e. The van der Waals surface area contributed by atoms with E-state index in [0.717, 1.165) is 30.0 Å². The number of rotatable bonds is 2. The van der Waals surface area contributed by atoms with Gasteiger partial charge in [-0.05, 0) is 57.5 Å². The molecule has 0 radical (unpaired) electrons. The molecule has 0 amide bonds. The summed E-state index contributed by atoms with van der Waals surface area (Å²) in [6.07, 6.45) is 7.32. The van der Waals surface area contributed by atoms with E-state index in [4.69, 9.17) is 0 Å². The molecule has 0 spiro atoms. The average molecular weight is 263 g/mol. The van der Waals surface area contributed by atoms with Crippen molar-refractivity contribution in [2.45, 2.75) is 57.2 Å². The van der Waals surface area contributed by atoms with E-state index in [1.54, 1.807) is 0 Å². The third kappa shape index (κ3) is 2.24. The molecule has 3 heteroatoms. The van der Waals surface area contributed by atoms with Crippen LogP contribution in [0.1, 0.15) is 39.0 Å². The van der Waals surface area contributed by atoms with Crippen molar-refractivity contribution in [1.82, 2.24) is 15.1 Å². The van der Waals surface area contributed by atoms with E-state index in [0.29, 0.717) is 0 Å². The van der Waals surface area contributed by atoms with Gasteiger partial charge in [-0.3, -0.25) is 9.80 Å². The normalized spacial score (nSPS) is 47.5. The second-order valence-corrected chi connectivity index (χ2v) is 7.46. The summed E-state index contributed by atoms with van der Waals surface area (Å²) in [5, 5.41) is 3.83. The summed E-state index contributed by atoms with van der Waals surface area (Å²) in [6, 6.07) is 2.43. The van der Waals surface area contributed by atoms with Crippen molar-refractivity contribution >= 4 is 0 Å². The quantitative estimate of drug-likeness (QED) is 0.815. The molecule has 1 saturated carbocycles. The van der Waals surface area contributed by atoms with E-state index >= 15 is 0 Å². The van der Waals surface area contributed by atoms with Crippen LogP contribution in [-0.4, -0.2) is 60.6 Å². The maximum Gasteiger partial charge on any atom is 0.0226 e. The SMILES string of the molecule is CC1CN2CCCC2CN1CC1NCC2CCCC21. The molecule has 19 heavy (non-hydrogen) atoms. The standard InChI is InChI=1S/C16H29N3/c1-12-9-18-7-3-5-14(18)10-19(12)11-16-15-6-2-4-13(15)8-17-16/h12-17H,2-11H2,1H3. The number of fused-ring (bicyclic) bond motifs is 2. The molecule has 0 aromatic heterocycles. The van der Waals surface area contributed by atoms with Crippen LogP contribution in [0.3, 0.4) is 0 Å². The van der Waals surface area contributed by atoms with Crippen molar-refractivity contribution in [2.75, 3.05) is 32.7 Å². The molecule has 0 aromatic rings. The van der Waals surface area contributed by atoms with E-state index < -0.39 is 0 Å². The van der Waals surface area contributed by atoms with Gasteiger partial charge in [0.1, 0.15) is 0 Å². The minimum Gasteiger partial charge on any atom is -0.312 e. The van der Waals surface area contributed by atoms with Crippen molar-refractivity contribution < 1.29 is 0 Å². The van der Waals surface area contributed by atoms with Gasteiger partial charge in [-0.1, -0.05) is 6.42 Å². The third-order valence-corrected chi connectivity index (χ3v) is 6.37. The number of nitrogens with one attached hydrogen (secondary N) is 1. The molecule has 0 bridgehead atoms. The Hall–Kier alpha value is -0.120. The molecule has 4 fully saturated rings. The fourth-order valence-corrected chi connectivity index (χ4v) is 5.26. The van der Waals surface area contributed by atoms with Gasteiger partial charge in [0, 0.05) is 37.8 Å². The number of hydrogen-bond acceptors (Lipinski definition) is 3. The van der Waals surface area contributed by atoms with Gasteiger partial charge < -0.3 is 5.32 Å². The Balaban J connectivity index is 1.39. The molecule has 4 rings (SSSR count). The van der Waals surface area contributed by atoms with Gasteiger partial charge in [-0.15, -0.1) is 0 Å². The molecule has 5 unspecified atom stereocenters. The van der Waals surface area contributed by atoms with Crippen LogP contribution in [0.15, 0.2) is 0 Å². The first-order valence-electron chi connectivity index (χ1n) is 8.53. The lowest BCUT2D eigenvalue weighted by Gasteiger charge is -2.43. The molecule has 3 saturated heterocycles. The molecule has 1 N–H and O–H groups in total. The van der Waals surface area contributed by atoms with Crippen molar-refractivity contribution in [1.29, 1.82) is 0 Å². The Kier molecular flexibility index (Phi) is 3.33. The minimum atomic E-state index is 0.761. The molecule has 5 atom stereocenters. The molecule has 3 aliphatic heterocycles. The zero-order chi connectivity index (χ0) is 12.8. The second-order valence-electron chi connectivity index (χ2n) is 7.46. The van der Waals surface area contributed by atoms with Crippen LogP contribution < -0.4 is 5.32 Å². The third-order valence-electron chi connectivity index (χ3n) is 6.37. The predicted molar refractivity (Wildman–Crippen MR) is 78.3 cm³/mol. The van der Waals surface area contributed by atoms with Gasteiger partial charge in [-0.2, -0.15) is 0 Å². The lowest BCUT2D eigenvalue weighted by molar-refractivity contribution is 0.0500. The van der Waals surface area contributed by atoms with E-state index in [2.05, 4.69) is 22.0 Å². The fourth-order valence-electron chi connectivity index (χ4n) is 5.26. The summed E-state index contributed by atoms with van der Waals surface area (Å²) in [4.78, 5) is 5.53. The maximum absolute atomic E-state index is 3.83. The summed E-state index contributed by atoms with van der Waals surface area (Å²) in [5.74, 6) is 2.00. The number of hydrogen-bond donors (Lipinski definition) is 1. The first-order valence-corrected chi connectivity index (χ1v) is 8.53. The van der Waals surface area contributed by atoms with E-state index in [9.17, 15) is 0 Å². The summed E-state index contributed by atoms with van der Waals surface area (Å²) < 4.78 is 0. The van der Waals surface area contributed by atoms with Crippen LogP contribution in [-0.2, 0) is 0 Å². The lowest BCUT2D eigenvalue weighted by atomic mass is 9.93. The monoisotopic (exact) mass is 263 g/mol. The minimum absolute atomic E-state index is 0.761.